The fraction of sp³-hybridized carbons (Fsp3) is 0.118. The van der Waals surface area contributed by atoms with E-state index >= 15 is 0 Å². The van der Waals surface area contributed by atoms with Gasteiger partial charge in [0.1, 0.15) is 5.56 Å². The highest BCUT2D eigenvalue weighted by molar-refractivity contribution is 5.87. The van der Waals surface area contributed by atoms with E-state index in [-0.39, 0.29) is 11.3 Å². The Hall–Kier alpha value is -3.75. The Morgan fingerprint density at radius 2 is 1.62 bits per heavy atom. The number of nitrogens with zero attached hydrogens (tertiary/aromatic N) is 2. The minimum Gasteiger partial charge on any atom is -0.474 e. The predicted octanol–water partition coefficient (Wildman–Crippen LogP) is 2.89. The molecule has 0 aliphatic heterocycles. The molecule has 0 aliphatic rings. The monoisotopic (exact) mass is 358 g/mol. The van der Waals surface area contributed by atoms with Crippen molar-refractivity contribution < 1.29 is 24.1 Å². The number of carbonyl (C=O) groups excluding carboxylic acids is 1. The molecular formula is C17H14N2O7. The molecule has 0 aromatic heterocycles. The first-order valence-corrected chi connectivity index (χ1v) is 7.33. The summed E-state index contributed by atoms with van der Waals surface area (Å²) in [6.07, 6.45) is 0. The van der Waals surface area contributed by atoms with Gasteiger partial charge in [0.05, 0.1) is 17.0 Å². The van der Waals surface area contributed by atoms with E-state index in [1.54, 1.807) is 18.2 Å². The Balaban J connectivity index is 2.71. The number of carbonyl (C=O) groups is 1. The van der Waals surface area contributed by atoms with Crippen molar-refractivity contribution in [3.8, 4) is 0 Å². The fourth-order valence-corrected chi connectivity index (χ4v) is 2.20. The van der Waals surface area contributed by atoms with Gasteiger partial charge in [0.2, 0.25) is 5.76 Å². The smallest absolute Gasteiger partial charge is 0.343 e. The van der Waals surface area contributed by atoms with Gasteiger partial charge in [0.15, 0.2) is 6.61 Å². The molecule has 0 aliphatic carbocycles. The number of para-hydroxylation sites is 1. The maximum absolute atomic E-state index is 11.7. The molecule has 2 aromatic rings. The van der Waals surface area contributed by atoms with Crippen molar-refractivity contribution in [3.63, 3.8) is 0 Å². The second-order valence-electron chi connectivity index (χ2n) is 4.94. The van der Waals surface area contributed by atoms with Gasteiger partial charge in [-0.3, -0.25) is 20.2 Å². The summed E-state index contributed by atoms with van der Waals surface area (Å²) in [5.41, 5.74) is -1.01. The lowest BCUT2D eigenvalue weighted by Gasteiger charge is -2.11. The Bertz CT molecular complexity index is 862. The second kappa shape index (κ2) is 8.38. The number of nitro groups is 2. The van der Waals surface area contributed by atoms with Crippen LogP contribution in [0.4, 0.5) is 5.69 Å². The Kier molecular flexibility index (Phi) is 5.99. The summed E-state index contributed by atoms with van der Waals surface area (Å²) in [4.78, 5) is 32.9. The summed E-state index contributed by atoms with van der Waals surface area (Å²) in [5.74, 6) is -1.01. The largest absolute Gasteiger partial charge is 0.474 e. The SMILES string of the molecule is COC(=O)COC(=C(c1ccccc1[N+](=O)[O-])[N+](=O)[O-])c1ccccc1. The summed E-state index contributed by atoms with van der Waals surface area (Å²) < 4.78 is 9.81. The van der Waals surface area contributed by atoms with Gasteiger partial charge < -0.3 is 9.47 Å². The zero-order chi connectivity index (χ0) is 19.1. The third kappa shape index (κ3) is 4.20. The lowest BCUT2D eigenvalue weighted by Crippen LogP contribution is -2.13. The second-order valence-corrected chi connectivity index (χ2v) is 4.94. The van der Waals surface area contributed by atoms with E-state index in [1.165, 1.54) is 30.3 Å². The van der Waals surface area contributed by atoms with Gasteiger partial charge in [0.25, 0.3) is 5.69 Å². The van der Waals surface area contributed by atoms with Gasteiger partial charge in [-0.15, -0.1) is 0 Å². The van der Waals surface area contributed by atoms with Crippen LogP contribution in [0.2, 0.25) is 0 Å². The number of rotatable bonds is 7. The number of hydrogen-bond acceptors (Lipinski definition) is 7. The zero-order valence-electron chi connectivity index (χ0n) is 13.7. The van der Waals surface area contributed by atoms with Crippen molar-refractivity contribution in [2.45, 2.75) is 0 Å². The van der Waals surface area contributed by atoms with Crippen LogP contribution in [-0.4, -0.2) is 29.5 Å². The average Bonchev–Trinajstić information content (AvgIpc) is 2.65. The van der Waals surface area contributed by atoms with Crippen LogP contribution in [0.5, 0.6) is 0 Å². The highest BCUT2D eigenvalue weighted by Crippen LogP contribution is 2.33. The number of methoxy groups -OCH3 is 1. The third-order valence-electron chi connectivity index (χ3n) is 3.35. The van der Waals surface area contributed by atoms with Crippen LogP contribution < -0.4 is 0 Å². The number of nitro benzene ring substituents is 1. The van der Waals surface area contributed by atoms with Crippen molar-refractivity contribution in [1.82, 2.24) is 0 Å². The molecule has 0 bridgehead atoms. The number of ether oxygens (including phenoxy) is 2. The topological polar surface area (TPSA) is 122 Å². The molecular weight excluding hydrogens is 344 g/mol. The molecule has 0 amide bonds. The molecule has 0 spiro atoms. The highest BCUT2D eigenvalue weighted by atomic mass is 16.6. The quantitative estimate of drug-likeness (QED) is 0.245. The van der Waals surface area contributed by atoms with Crippen LogP contribution in [0, 0.1) is 20.2 Å². The maximum Gasteiger partial charge on any atom is 0.343 e. The van der Waals surface area contributed by atoms with Crippen molar-refractivity contribution >= 4 is 23.1 Å². The standard InChI is InChI=1S/C17H14N2O7/c1-25-15(20)11-26-17(12-7-3-2-4-8-12)16(19(23)24)13-9-5-6-10-14(13)18(21)22/h2-10H,11H2,1H3. The molecule has 26 heavy (non-hydrogen) atoms. The van der Waals surface area contributed by atoms with Crippen LogP contribution in [0.25, 0.3) is 11.5 Å². The lowest BCUT2D eigenvalue weighted by atomic mass is 10.1. The molecule has 0 saturated carbocycles. The maximum atomic E-state index is 11.7. The van der Waals surface area contributed by atoms with Crippen LogP contribution in [0.3, 0.4) is 0 Å². The van der Waals surface area contributed by atoms with E-state index < -0.39 is 33.8 Å². The molecule has 0 unspecified atom stereocenters. The summed E-state index contributed by atoms with van der Waals surface area (Å²) in [5, 5.41) is 23.0. The summed E-state index contributed by atoms with van der Waals surface area (Å²) in [6, 6.07) is 13.2. The Morgan fingerprint density at radius 1 is 1.00 bits per heavy atom. The molecule has 0 heterocycles. The molecule has 134 valence electrons. The van der Waals surface area contributed by atoms with Crippen LogP contribution in [-0.2, 0) is 14.3 Å². The minimum absolute atomic E-state index is 0.230. The molecule has 9 heteroatoms. The van der Waals surface area contributed by atoms with Crippen LogP contribution in [0.15, 0.2) is 54.6 Å². The van der Waals surface area contributed by atoms with E-state index in [4.69, 9.17) is 4.74 Å². The summed E-state index contributed by atoms with van der Waals surface area (Å²) >= 11 is 0. The lowest BCUT2D eigenvalue weighted by molar-refractivity contribution is -0.391. The van der Waals surface area contributed by atoms with Gasteiger partial charge in [0, 0.05) is 11.6 Å². The number of esters is 1. The van der Waals surface area contributed by atoms with Gasteiger partial charge in [-0.1, -0.05) is 42.5 Å². The van der Waals surface area contributed by atoms with Crippen molar-refractivity contribution in [2.24, 2.45) is 0 Å². The summed E-state index contributed by atoms with van der Waals surface area (Å²) in [6.45, 7) is -0.585. The molecule has 2 aromatic carbocycles. The van der Waals surface area contributed by atoms with Gasteiger partial charge in [-0.05, 0) is 6.07 Å². The molecule has 0 atom stereocenters. The average molecular weight is 358 g/mol. The molecule has 9 nitrogen and oxygen atoms in total. The Labute approximate surface area is 147 Å². The van der Waals surface area contributed by atoms with Crippen molar-refractivity contribution in [2.75, 3.05) is 13.7 Å². The molecule has 0 N–H and O–H groups in total. The van der Waals surface area contributed by atoms with E-state index in [2.05, 4.69) is 4.74 Å². The van der Waals surface area contributed by atoms with Gasteiger partial charge in [-0.25, -0.2) is 4.79 Å². The fourth-order valence-electron chi connectivity index (χ4n) is 2.20. The first-order valence-electron chi connectivity index (χ1n) is 7.33. The Morgan fingerprint density at radius 3 is 2.19 bits per heavy atom. The van der Waals surface area contributed by atoms with E-state index in [0.29, 0.717) is 5.56 Å². The molecule has 2 rings (SSSR count). The minimum atomic E-state index is -0.776. The first-order chi connectivity index (χ1) is 12.5. The highest BCUT2D eigenvalue weighted by Gasteiger charge is 2.31. The number of hydrogen-bond donors (Lipinski definition) is 0. The first kappa shape index (κ1) is 18.6. The van der Waals surface area contributed by atoms with E-state index in [1.807, 2.05) is 0 Å². The van der Waals surface area contributed by atoms with Gasteiger partial charge in [-0.2, -0.15) is 0 Å². The van der Waals surface area contributed by atoms with Crippen molar-refractivity contribution in [3.05, 3.63) is 86.0 Å². The molecule has 0 saturated heterocycles. The third-order valence-corrected chi connectivity index (χ3v) is 3.35. The van der Waals surface area contributed by atoms with Crippen molar-refractivity contribution in [1.29, 1.82) is 0 Å². The van der Waals surface area contributed by atoms with E-state index in [9.17, 15) is 25.0 Å². The van der Waals surface area contributed by atoms with E-state index in [0.717, 1.165) is 13.2 Å². The van der Waals surface area contributed by atoms with Crippen LogP contribution >= 0.6 is 0 Å². The zero-order valence-corrected chi connectivity index (χ0v) is 13.7. The predicted molar refractivity (Wildman–Crippen MR) is 91.3 cm³/mol. The van der Waals surface area contributed by atoms with Gasteiger partial charge >= 0.3 is 11.7 Å². The van der Waals surface area contributed by atoms with Crippen LogP contribution in [0.1, 0.15) is 11.1 Å². The summed E-state index contributed by atoms with van der Waals surface area (Å²) in [7, 11) is 1.15. The molecule has 0 fully saturated rings. The normalized spacial score (nSPS) is 11.3. The molecule has 0 radical (unpaired) electrons. The number of benzene rings is 2.